The van der Waals surface area contributed by atoms with Gasteiger partial charge in [-0.25, -0.2) is 4.39 Å². The third-order valence-electron chi connectivity index (χ3n) is 5.73. The van der Waals surface area contributed by atoms with Gasteiger partial charge in [0.05, 0.1) is 19.9 Å². The molecule has 38 heavy (non-hydrogen) atoms. The van der Waals surface area contributed by atoms with Gasteiger partial charge in [0.15, 0.2) is 17.2 Å². The zero-order valence-electron chi connectivity index (χ0n) is 21.5. The minimum absolute atomic E-state index is 0.0873. The molecule has 0 aliphatic rings. The second-order valence-electron chi connectivity index (χ2n) is 8.78. The Balaban J connectivity index is 2.22. The largest absolute Gasteiger partial charge is 0.493 e. The number of nitrogens with zero attached hydrogens (tertiary/aromatic N) is 2. The molecule has 3 amide bonds. The van der Waals surface area contributed by atoms with Gasteiger partial charge in [-0.15, -0.1) is 0 Å². The molecule has 0 bridgehead atoms. The summed E-state index contributed by atoms with van der Waals surface area (Å²) < 4.78 is 28.5. The van der Waals surface area contributed by atoms with Crippen LogP contribution >= 0.6 is 11.5 Å². The van der Waals surface area contributed by atoms with Crippen LogP contribution in [0.5, 0.6) is 11.5 Å². The molecule has 0 spiro atoms. The molecule has 3 rings (SSSR count). The molecule has 12 heteroatoms. The van der Waals surface area contributed by atoms with Gasteiger partial charge in [-0.3, -0.25) is 19.3 Å². The molecule has 1 heterocycles. The Morgan fingerprint density at radius 3 is 2.29 bits per heavy atom. The fourth-order valence-electron chi connectivity index (χ4n) is 3.74. The Morgan fingerprint density at radius 2 is 1.74 bits per heavy atom. The second kappa shape index (κ2) is 12.4. The highest BCUT2D eigenvalue weighted by Crippen LogP contribution is 2.37. The SMILES string of the molecule is COc1ccc(N(C(=O)c2snc(C(N)=O)c2N)[C@H](C(=O)NCCC(C)C)c2ccc(F)cc2)cc1OC. The highest BCUT2D eigenvalue weighted by molar-refractivity contribution is 7.09. The van der Waals surface area contributed by atoms with Gasteiger partial charge in [-0.1, -0.05) is 26.0 Å². The van der Waals surface area contributed by atoms with Gasteiger partial charge < -0.3 is 26.3 Å². The number of benzene rings is 2. The number of primary amides is 1. The van der Waals surface area contributed by atoms with Gasteiger partial charge in [-0.2, -0.15) is 4.37 Å². The van der Waals surface area contributed by atoms with Gasteiger partial charge in [-0.05, 0) is 53.7 Å². The maximum Gasteiger partial charge on any atom is 0.273 e. The van der Waals surface area contributed by atoms with Gasteiger partial charge in [0.2, 0.25) is 5.91 Å². The van der Waals surface area contributed by atoms with Crippen LogP contribution in [-0.2, 0) is 4.79 Å². The molecule has 0 saturated carbocycles. The topological polar surface area (TPSA) is 150 Å². The lowest BCUT2D eigenvalue weighted by Crippen LogP contribution is -2.44. The van der Waals surface area contributed by atoms with E-state index in [0.717, 1.165) is 0 Å². The number of aromatic nitrogens is 1. The predicted molar refractivity (Wildman–Crippen MR) is 143 cm³/mol. The molecule has 0 aliphatic heterocycles. The lowest BCUT2D eigenvalue weighted by molar-refractivity contribution is -0.122. The number of rotatable bonds is 11. The molecule has 0 saturated heterocycles. The number of hydrogen-bond acceptors (Lipinski definition) is 8. The number of halogens is 1. The first-order valence-corrected chi connectivity index (χ1v) is 12.5. The summed E-state index contributed by atoms with van der Waals surface area (Å²) >= 11 is 0.687. The van der Waals surface area contributed by atoms with Crippen LogP contribution < -0.4 is 31.2 Å². The number of amides is 3. The molecular weight excluding hydrogens is 513 g/mol. The van der Waals surface area contributed by atoms with Crippen LogP contribution in [0.15, 0.2) is 42.5 Å². The molecular formula is C26H30FN5O5S. The third kappa shape index (κ3) is 6.20. The summed E-state index contributed by atoms with van der Waals surface area (Å²) in [5.74, 6) is -1.59. The summed E-state index contributed by atoms with van der Waals surface area (Å²) in [6, 6.07) is 8.69. The van der Waals surface area contributed by atoms with Crippen molar-refractivity contribution in [1.82, 2.24) is 9.69 Å². The van der Waals surface area contributed by atoms with Crippen molar-refractivity contribution >= 4 is 40.6 Å². The van der Waals surface area contributed by atoms with Crippen molar-refractivity contribution in [2.75, 3.05) is 31.4 Å². The van der Waals surface area contributed by atoms with E-state index in [1.54, 1.807) is 12.1 Å². The van der Waals surface area contributed by atoms with Crippen LogP contribution in [0.25, 0.3) is 0 Å². The summed E-state index contributed by atoms with van der Waals surface area (Å²) in [6.07, 6.45) is 0.704. The Kier molecular flexibility index (Phi) is 9.24. The van der Waals surface area contributed by atoms with Crippen molar-refractivity contribution in [3.8, 4) is 11.5 Å². The van der Waals surface area contributed by atoms with Gasteiger partial charge in [0.1, 0.15) is 16.7 Å². The van der Waals surface area contributed by atoms with Gasteiger partial charge >= 0.3 is 0 Å². The number of ether oxygens (including phenoxy) is 2. The fourth-order valence-corrected chi connectivity index (χ4v) is 4.48. The summed E-state index contributed by atoms with van der Waals surface area (Å²) in [4.78, 5) is 40.6. The predicted octanol–water partition coefficient (Wildman–Crippen LogP) is 3.53. The van der Waals surface area contributed by atoms with E-state index in [4.69, 9.17) is 20.9 Å². The molecule has 0 radical (unpaired) electrons. The fraction of sp³-hybridized carbons (Fsp3) is 0.308. The standard InChI is InChI=1S/C26H30FN5O5S/c1-14(2)11-12-30-25(34)22(15-5-7-16(27)8-6-15)32(17-9-10-18(36-3)19(13-17)37-4)26(35)23-20(28)21(24(29)33)31-38-23/h5-10,13-14,22H,11-12,28H2,1-4H3,(H2,29,33)(H,30,34)/t22-/m0/s1. The highest BCUT2D eigenvalue weighted by Gasteiger charge is 2.36. The van der Waals surface area contributed by atoms with E-state index in [1.165, 1.54) is 49.5 Å². The minimum atomic E-state index is -1.24. The zero-order valence-corrected chi connectivity index (χ0v) is 22.3. The van der Waals surface area contributed by atoms with Crippen molar-refractivity contribution in [2.24, 2.45) is 11.7 Å². The van der Waals surface area contributed by atoms with E-state index in [-0.39, 0.29) is 21.9 Å². The highest BCUT2D eigenvalue weighted by atomic mass is 32.1. The van der Waals surface area contributed by atoms with E-state index < -0.39 is 29.6 Å². The average molecular weight is 544 g/mol. The first-order valence-electron chi connectivity index (χ1n) is 11.7. The molecule has 0 aliphatic carbocycles. The van der Waals surface area contributed by atoms with E-state index in [9.17, 15) is 18.8 Å². The average Bonchev–Trinajstić information content (AvgIpc) is 3.28. The van der Waals surface area contributed by atoms with Crippen molar-refractivity contribution in [1.29, 1.82) is 0 Å². The number of carbonyl (C=O) groups excluding carboxylic acids is 3. The van der Waals surface area contributed by atoms with Gasteiger partial charge in [0.25, 0.3) is 11.8 Å². The maximum absolute atomic E-state index is 14.1. The van der Waals surface area contributed by atoms with E-state index in [0.29, 0.717) is 47.5 Å². The lowest BCUT2D eigenvalue weighted by Gasteiger charge is -2.31. The van der Waals surface area contributed by atoms with Crippen LogP contribution in [0.2, 0.25) is 0 Å². The van der Waals surface area contributed by atoms with Gasteiger partial charge in [0, 0.05) is 18.3 Å². The van der Waals surface area contributed by atoms with Crippen molar-refractivity contribution < 1.29 is 28.2 Å². The van der Waals surface area contributed by atoms with E-state index in [2.05, 4.69) is 9.69 Å². The smallest absolute Gasteiger partial charge is 0.273 e. The van der Waals surface area contributed by atoms with Crippen LogP contribution in [0.1, 0.15) is 52.0 Å². The Bertz CT molecular complexity index is 1310. The van der Waals surface area contributed by atoms with Crippen LogP contribution in [-0.4, -0.2) is 42.9 Å². The van der Waals surface area contributed by atoms with Crippen LogP contribution in [0.3, 0.4) is 0 Å². The Hall–Kier alpha value is -4.19. The second-order valence-corrected chi connectivity index (χ2v) is 9.55. The van der Waals surface area contributed by atoms with Crippen molar-refractivity contribution in [3.05, 3.63) is 64.4 Å². The molecule has 10 nitrogen and oxygen atoms in total. The summed E-state index contributed by atoms with van der Waals surface area (Å²) in [5.41, 5.74) is 11.6. The first-order chi connectivity index (χ1) is 18.1. The molecule has 202 valence electrons. The van der Waals surface area contributed by atoms with E-state index >= 15 is 0 Å². The molecule has 5 N–H and O–H groups in total. The lowest BCUT2D eigenvalue weighted by atomic mass is 10.0. The molecule has 2 aromatic carbocycles. The molecule has 1 atom stereocenters. The third-order valence-corrected chi connectivity index (χ3v) is 6.58. The van der Waals surface area contributed by atoms with E-state index in [1.807, 2.05) is 13.8 Å². The quantitative estimate of drug-likeness (QED) is 0.335. The Morgan fingerprint density at radius 1 is 1.08 bits per heavy atom. The Labute approximate surface area is 223 Å². The molecule has 0 fully saturated rings. The molecule has 0 unspecified atom stereocenters. The molecule has 1 aromatic heterocycles. The van der Waals surface area contributed by atoms with Crippen LogP contribution in [0, 0.1) is 11.7 Å². The number of nitrogens with one attached hydrogen (secondary N) is 1. The number of nitrogens with two attached hydrogens (primary N) is 2. The number of nitrogen functional groups attached to an aromatic ring is 1. The maximum atomic E-state index is 14.1. The summed E-state index contributed by atoms with van der Waals surface area (Å²) in [5, 5.41) is 2.87. The monoisotopic (exact) mass is 543 g/mol. The molecule has 3 aromatic rings. The number of methoxy groups -OCH3 is 2. The van der Waals surface area contributed by atoms with Crippen molar-refractivity contribution in [3.63, 3.8) is 0 Å². The summed E-state index contributed by atoms with van der Waals surface area (Å²) in [6.45, 7) is 4.40. The number of hydrogen-bond donors (Lipinski definition) is 3. The zero-order chi connectivity index (χ0) is 28.0. The summed E-state index contributed by atoms with van der Waals surface area (Å²) in [7, 11) is 2.90. The normalized spacial score (nSPS) is 11.6. The number of carbonyl (C=O) groups is 3. The first kappa shape index (κ1) is 28.4. The van der Waals surface area contributed by atoms with Crippen molar-refractivity contribution in [2.45, 2.75) is 26.3 Å². The number of anilines is 2. The van der Waals surface area contributed by atoms with Crippen LogP contribution in [0.4, 0.5) is 15.8 Å². The minimum Gasteiger partial charge on any atom is -0.493 e.